The van der Waals surface area contributed by atoms with Gasteiger partial charge in [-0.1, -0.05) is 11.6 Å². The monoisotopic (exact) mass is 540 g/mol. The lowest BCUT2D eigenvalue weighted by atomic mass is 9.91. The summed E-state index contributed by atoms with van der Waals surface area (Å²) in [5, 5.41) is -6.90. The minimum absolute atomic E-state index is 0.561. The molecule has 3 nitrogen and oxygen atoms in total. The molecular weight excluding hydrogens is 537 g/mol. The molecule has 0 unspecified atom stereocenters. The number of anilines is 1. The number of hydrogen-bond acceptors (Lipinski definition) is 2. The maximum Gasteiger partial charge on any atom is 0.393 e. The summed E-state index contributed by atoms with van der Waals surface area (Å²) in [6, 6.07) is 1.38. The highest BCUT2D eigenvalue weighted by Crippen LogP contribution is 2.62. The van der Waals surface area contributed by atoms with Crippen molar-refractivity contribution < 1.29 is 66.3 Å². The first kappa shape index (κ1) is 28.3. The zero-order valence-corrected chi connectivity index (χ0v) is 15.6. The molecule has 0 spiro atoms. The SMILES string of the molecule is O=C(Nc1cccnc1Cl)C(F)(F)C(F)(F)C(F)(F)C(F)(F)C(F)(F)C(F)(F)C(F)(F)Cl. The van der Waals surface area contributed by atoms with Crippen molar-refractivity contribution in [3.63, 3.8) is 0 Å². The van der Waals surface area contributed by atoms with Gasteiger partial charge in [0.2, 0.25) is 0 Å². The van der Waals surface area contributed by atoms with Crippen LogP contribution in [0, 0.1) is 0 Å². The van der Waals surface area contributed by atoms with Crippen LogP contribution < -0.4 is 5.32 Å². The molecule has 0 saturated heterocycles. The van der Waals surface area contributed by atoms with Gasteiger partial charge in [-0.05, 0) is 23.7 Å². The second-order valence-electron chi connectivity index (χ2n) is 5.74. The molecule has 0 bridgehead atoms. The number of halogens is 16. The van der Waals surface area contributed by atoms with E-state index in [9.17, 15) is 66.3 Å². The van der Waals surface area contributed by atoms with Crippen molar-refractivity contribution in [1.82, 2.24) is 4.98 Å². The van der Waals surface area contributed by atoms with Gasteiger partial charge >= 0.3 is 46.8 Å². The lowest BCUT2D eigenvalue weighted by Crippen LogP contribution is -2.73. The predicted octanol–water partition coefficient (Wildman–Crippen LogP) is 6.32. The summed E-state index contributed by atoms with van der Waals surface area (Å²) in [6.07, 6.45) is 0.842. The summed E-state index contributed by atoms with van der Waals surface area (Å²) in [4.78, 5) is 14.5. The number of aromatic nitrogens is 1. The van der Waals surface area contributed by atoms with Crippen molar-refractivity contribution >= 4 is 34.8 Å². The molecule has 1 aromatic heterocycles. The molecule has 0 saturated carbocycles. The Morgan fingerprint density at radius 2 is 1.16 bits per heavy atom. The Morgan fingerprint density at radius 3 is 1.56 bits per heavy atom. The Kier molecular flexibility index (Phi) is 6.99. The highest BCUT2D eigenvalue weighted by molar-refractivity contribution is 6.32. The number of alkyl halides is 15. The van der Waals surface area contributed by atoms with E-state index in [4.69, 9.17) is 11.6 Å². The second kappa shape index (κ2) is 7.92. The summed E-state index contributed by atoms with van der Waals surface area (Å²) in [5.74, 6) is -50.8. The molecular formula is C13H4Cl2F14N2O. The molecule has 0 aromatic carbocycles. The molecule has 0 aliphatic rings. The maximum absolute atomic E-state index is 13.7. The first-order valence-corrected chi connectivity index (χ1v) is 7.92. The fourth-order valence-electron chi connectivity index (χ4n) is 1.79. The van der Waals surface area contributed by atoms with Crippen LogP contribution >= 0.6 is 23.2 Å². The van der Waals surface area contributed by atoms with Crippen LogP contribution in [0.4, 0.5) is 67.2 Å². The first-order chi connectivity index (χ1) is 13.9. The zero-order valence-electron chi connectivity index (χ0n) is 14.1. The number of amides is 1. The van der Waals surface area contributed by atoms with Crippen molar-refractivity contribution in [3.05, 3.63) is 23.5 Å². The van der Waals surface area contributed by atoms with Gasteiger partial charge < -0.3 is 5.32 Å². The minimum Gasteiger partial charge on any atom is -0.318 e. The molecule has 32 heavy (non-hydrogen) atoms. The van der Waals surface area contributed by atoms with Gasteiger partial charge in [-0.3, -0.25) is 4.79 Å². The van der Waals surface area contributed by atoms with Crippen LogP contribution in [0.15, 0.2) is 18.3 Å². The second-order valence-corrected chi connectivity index (χ2v) is 6.57. The Labute approximate surface area is 176 Å². The summed E-state index contributed by atoms with van der Waals surface area (Å²) in [6.45, 7) is 0. The van der Waals surface area contributed by atoms with E-state index >= 15 is 0 Å². The van der Waals surface area contributed by atoms with Crippen LogP contribution in [-0.2, 0) is 4.79 Å². The van der Waals surface area contributed by atoms with Gasteiger partial charge in [0.05, 0.1) is 5.69 Å². The molecule has 0 aliphatic heterocycles. The third-order valence-electron chi connectivity index (χ3n) is 3.62. The van der Waals surface area contributed by atoms with E-state index in [1.54, 1.807) is 0 Å². The van der Waals surface area contributed by atoms with Gasteiger partial charge in [0.25, 0.3) is 0 Å². The standard InChI is InChI=1S/C13H4Cl2F14N2O/c14-5-4(2-1-3-30-5)31-6(32)7(16,17)8(18,19)9(20,21)10(22,23)11(24,25)12(26,27)13(15,28)29/h1-3H,(H,31,32). The van der Waals surface area contributed by atoms with Crippen LogP contribution in [0.1, 0.15) is 0 Å². The smallest absolute Gasteiger partial charge is 0.318 e. The van der Waals surface area contributed by atoms with Crippen LogP contribution in [0.5, 0.6) is 0 Å². The number of hydrogen-bond donors (Lipinski definition) is 1. The Hall–Kier alpha value is -1.78. The van der Waals surface area contributed by atoms with Crippen molar-refractivity contribution in [2.45, 2.75) is 40.9 Å². The number of nitrogens with one attached hydrogen (secondary N) is 1. The molecule has 19 heteroatoms. The van der Waals surface area contributed by atoms with E-state index in [0.29, 0.717) is 6.07 Å². The molecule has 0 fully saturated rings. The van der Waals surface area contributed by atoms with Crippen molar-refractivity contribution in [3.8, 4) is 0 Å². The van der Waals surface area contributed by atoms with E-state index in [0.717, 1.165) is 17.6 Å². The normalized spacial score (nSPS) is 15.0. The van der Waals surface area contributed by atoms with Gasteiger partial charge in [-0.2, -0.15) is 61.5 Å². The van der Waals surface area contributed by atoms with E-state index in [1.807, 2.05) is 0 Å². The number of nitrogens with zero attached hydrogens (tertiary/aromatic N) is 1. The third-order valence-corrected chi connectivity index (χ3v) is 4.16. The third kappa shape index (κ3) is 3.90. The first-order valence-electron chi connectivity index (χ1n) is 7.16. The van der Waals surface area contributed by atoms with E-state index in [2.05, 4.69) is 16.6 Å². The summed E-state index contributed by atoms with van der Waals surface area (Å²) in [7, 11) is 0. The molecule has 1 rings (SSSR count). The quantitative estimate of drug-likeness (QED) is 0.238. The number of carbonyl (C=O) groups is 1. The Morgan fingerprint density at radius 1 is 0.750 bits per heavy atom. The highest BCUT2D eigenvalue weighted by atomic mass is 35.5. The van der Waals surface area contributed by atoms with Crippen LogP contribution in [0.2, 0.25) is 5.15 Å². The van der Waals surface area contributed by atoms with Gasteiger partial charge in [-0.15, -0.1) is 0 Å². The minimum atomic E-state index is -8.32. The molecule has 1 N–H and O–H groups in total. The molecule has 184 valence electrons. The van der Waals surface area contributed by atoms with Crippen molar-refractivity contribution in [1.29, 1.82) is 0 Å². The Balaban J connectivity index is 3.51. The summed E-state index contributed by atoms with van der Waals surface area (Å²) in [5.41, 5.74) is -1.08. The average Bonchev–Trinajstić information content (AvgIpc) is 2.61. The van der Waals surface area contributed by atoms with Gasteiger partial charge in [0.1, 0.15) is 0 Å². The fourth-order valence-corrected chi connectivity index (χ4v) is 2.07. The molecule has 1 amide bonds. The summed E-state index contributed by atoms with van der Waals surface area (Å²) < 4.78 is 186. The van der Waals surface area contributed by atoms with Gasteiger partial charge in [0, 0.05) is 6.20 Å². The van der Waals surface area contributed by atoms with Crippen LogP contribution in [0.25, 0.3) is 0 Å². The molecule has 0 atom stereocenters. The molecule has 0 radical (unpaired) electrons. The number of pyridine rings is 1. The molecule has 1 heterocycles. The molecule has 1 aromatic rings. The zero-order chi connectivity index (χ0) is 25.8. The Bertz CT molecular complexity index is 870. The highest BCUT2D eigenvalue weighted by Gasteiger charge is 2.93. The van der Waals surface area contributed by atoms with E-state index in [1.165, 1.54) is 0 Å². The summed E-state index contributed by atoms with van der Waals surface area (Å²) >= 11 is 8.72. The lowest BCUT2D eigenvalue weighted by Gasteiger charge is -2.41. The fraction of sp³-hybridized carbons (Fsp3) is 0.538. The van der Waals surface area contributed by atoms with Crippen molar-refractivity contribution in [2.75, 3.05) is 5.32 Å². The number of rotatable bonds is 8. The van der Waals surface area contributed by atoms with Gasteiger partial charge in [0.15, 0.2) is 5.15 Å². The molecule has 0 aliphatic carbocycles. The van der Waals surface area contributed by atoms with E-state index < -0.39 is 57.7 Å². The number of carbonyl (C=O) groups excluding carboxylic acids is 1. The van der Waals surface area contributed by atoms with Gasteiger partial charge in [-0.25, -0.2) is 4.98 Å². The van der Waals surface area contributed by atoms with Crippen LogP contribution in [-0.4, -0.2) is 51.8 Å². The maximum atomic E-state index is 13.7. The topological polar surface area (TPSA) is 42.0 Å². The van der Waals surface area contributed by atoms with E-state index in [-0.39, 0.29) is 0 Å². The average molecular weight is 541 g/mol. The predicted molar refractivity (Wildman–Crippen MR) is 78.4 cm³/mol. The largest absolute Gasteiger partial charge is 0.393 e. The van der Waals surface area contributed by atoms with Crippen molar-refractivity contribution in [2.24, 2.45) is 0 Å². The van der Waals surface area contributed by atoms with Crippen LogP contribution in [0.3, 0.4) is 0 Å². The lowest BCUT2D eigenvalue weighted by molar-refractivity contribution is -0.431.